The van der Waals surface area contributed by atoms with Crippen molar-refractivity contribution < 1.29 is 17.0 Å². The lowest BCUT2D eigenvalue weighted by Crippen LogP contribution is -3.00. The fourth-order valence-electron chi connectivity index (χ4n) is 1.95. The monoisotopic (exact) mass is 329 g/mol. The average molecular weight is 331 g/mol. The van der Waals surface area contributed by atoms with E-state index in [-0.39, 0.29) is 17.0 Å². The zero-order chi connectivity index (χ0) is 11.1. The van der Waals surface area contributed by atoms with Gasteiger partial charge in [-0.2, -0.15) is 0 Å². The first-order valence-corrected chi connectivity index (χ1v) is 6.48. The Balaban J connectivity index is 0.00000108. The molecule has 0 amide bonds. The van der Waals surface area contributed by atoms with Crippen LogP contribution < -0.4 is 17.0 Å². The minimum Gasteiger partial charge on any atom is -1.00 e. The Hall–Kier alpha value is -0.450. The third-order valence-corrected chi connectivity index (χ3v) is 3.84. The summed E-state index contributed by atoms with van der Waals surface area (Å²) in [5, 5.41) is 4.06. The van der Waals surface area contributed by atoms with Crippen LogP contribution in [0.3, 0.4) is 0 Å². The van der Waals surface area contributed by atoms with Crippen LogP contribution in [-0.2, 0) is 0 Å². The number of amidine groups is 1. The molecule has 0 fully saturated rings. The molecule has 90 valence electrons. The summed E-state index contributed by atoms with van der Waals surface area (Å²) in [7, 11) is 0. The number of nitrogens with zero attached hydrogens (tertiary/aromatic N) is 2. The first kappa shape index (κ1) is 13.0. The van der Waals surface area contributed by atoms with Crippen molar-refractivity contribution in [3.05, 3.63) is 40.3 Å². The van der Waals surface area contributed by atoms with Crippen LogP contribution in [0.2, 0.25) is 5.02 Å². The number of hydrogen-bond donors (Lipinski definition) is 0. The topological polar surface area (TPSA) is 15.6 Å². The SMILES string of the molecule is CC1CN2C(c3ccc(Cl)cc3)=CSC2=N1.[Br-]. The van der Waals surface area contributed by atoms with Gasteiger partial charge in [-0.25, -0.2) is 0 Å². The maximum Gasteiger partial charge on any atom is 0.168 e. The minimum absolute atomic E-state index is 0. The smallest absolute Gasteiger partial charge is 0.168 e. The van der Waals surface area contributed by atoms with Gasteiger partial charge in [0, 0.05) is 17.0 Å². The molecule has 0 saturated carbocycles. The molecule has 0 aliphatic carbocycles. The van der Waals surface area contributed by atoms with Crippen LogP contribution in [0.5, 0.6) is 0 Å². The number of fused-ring (bicyclic) bond motifs is 1. The van der Waals surface area contributed by atoms with Crippen molar-refractivity contribution in [3.63, 3.8) is 0 Å². The van der Waals surface area contributed by atoms with Gasteiger partial charge in [-0.3, -0.25) is 4.99 Å². The van der Waals surface area contributed by atoms with Gasteiger partial charge < -0.3 is 21.9 Å². The highest BCUT2D eigenvalue weighted by Crippen LogP contribution is 2.36. The summed E-state index contributed by atoms with van der Waals surface area (Å²) >= 11 is 7.60. The van der Waals surface area contributed by atoms with Crippen LogP contribution >= 0.6 is 23.4 Å². The predicted molar refractivity (Wildman–Crippen MR) is 70.6 cm³/mol. The van der Waals surface area contributed by atoms with Crippen LogP contribution in [0.1, 0.15) is 12.5 Å². The maximum atomic E-state index is 5.89. The molecule has 0 spiro atoms. The van der Waals surface area contributed by atoms with E-state index in [1.165, 1.54) is 11.3 Å². The van der Waals surface area contributed by atoms with Crippen molar-refractivity contribution in [1.29, 1.82) is 0 Å². The molecule has 2 aliphatic rings. The molecule has 0 bridgehead atoms. The van der Waals surface area contributed by atoms with Gasteiger partial charge >= 0.3 is 0 Å². The van der Waals surface area contributed by atoms with Crippen molar-refractivity contribution in [3.8, 4) is 0 Å². The summed E-state index contributed by atoms with van der Waals surface area (Å²) in [6.45, 7) is 3.13. The normalized spacial score (nSPS) is 21.8. The van der Waals surface area contributed by atoms with Crippen LogP contribution in [0, 0.1) is 0 Å². The molecule has 0 aromatic heterocycles. The van der Waals surface area contributed by atoms with Gasteiger partial charge in [-0.15, -0.1) is 0 Å². The van der Waals surface area contributed by atoms with Gasteiger partial charge in [0.2, 0.25) is 0 Å². The summed E-state index contributed by atoms with van der Waals surface area (Å²) in [6, 6.07) is 8.37. The van der Waals surface area contributed by atoms with E-state index in [1.54, 1.807) is 11.8 Å². The van der Waals surface area contributed by atoms with E-state index in [2.05, 4.69) is 34.4 Å². The molecular formula is C12H11BrClN2S-. The zero-order valence-corrected chi connectivity index (χ0v) is 12.4. The molecule has 1 aromatic rings. The maximum absolute atomic E-state index is 5.89. The molecule has 2 aliphatic heterocycles. The first-order chi connectivity index (χ1) is 7.74. The summed E-state index contributed by atoms with van der Waals surface area (Å²) in [5.74, 6) is 0. The summed E-state index contributed by atoms with van der Waals surface area (Å²) < 4.78 is 0. The van der Waals surface area contributed by atoms with Gasteiger partial charge in [-0.1, -0.05) is 35.5 Å². The molecular weight excluding hydrogens is 320 g/mol. The molecule has 2 nitrogen and oxygen atoms in total. The Morgan fingerprint density at radius 1 is 1.35 bits per heavy atom. The van der Waals surface area contributed by atoms with Crippen molar-refractivity contribution >= 4 is 34.2 Å². The molecule has 0 radical (unpaired) electrons. The second-order valence-corrected chi connectivity index (χ2v) is 5.27. The van der Waals surface area contributed by atoms with Gasteiger partial charge in [0.05, 0.1) is 11.7 Å². The highest BCUT2D eigenvalue weighted by molar-refractivity contribution is 8.16. The van der Waals surface area contributed by atoms with E-state index >= 15 is 0 Å². The molecule has 3 rings (SSSR count). The van der Waals surface area contributed by atoms with E-state index < -0.39 is 0 Å². The largest absolute Gasteiger partial charge is 1.00 e. The third-order valence-electron chi connectivity index (χ3n) is 2.72. The minimum atomic E-state index is 0. The van der Waals surface area contributed by atoms with Crippen molar-refractivity contribution in [1.82, 2.24) is 4.90 Å². The second-order valence-electron chi connectivity index (χ2n) is 4.00. The summed E-state index contributed by atoms with van der Waals surface area (Å²) in [5.41, 5.74) is 2.45. The fraction of sp³-hybridized carbons (Fsp3) is 0.250. The van der Waals surface area contributed by atoms with Crippen LogP contribution in [0.25, 0.3) is 5.70 Å². The third kappa shape index (κ3) is 2.39. The Labute approximate surface area is 121 Å². The Morgan fingerprint density at radius 3 is 2.76 bits per heavy atom. The van der Waals surface area contributed by atoms with Crippen molar-refractivity contribution in [2.45, 2.75) is 13.0 Å². The highest BCUT2D eigenvalue weighted by atomic mass is 79.9. The quantitative estimate of drug-likeness (QED) is 0.743. The summed E-state index contributed by atoms with van der Waals surface area (Å²) in [4.78, 5) is 6.85. The molecule has 1 aromatic carbocycles. The van der Waals surface area contributed by atoms with Crippen molar-refractivity contribution in [2.24, 2.45) is 4.99 Å². The summed E-state index contributed by atoms with van der Waals surface area (Å²) in [6.07, 6.45) is 0. The number of halogens is 2. The van der Waals surface area contributed by atoms with E-state index in [1.807, 2.05) is 12.1 Å². The van der Waals surface area contributed by atoms with Gasteiger partial charge in [-0.05, 0) is 24.6 Å². The fourth-order valence-corrected chi connectivity index (χ4v) is 3.10. The van der Waals surface area contributed by atoms with Crippen LogP contribution in [0.15, 0.2) is 34.7 Å². The number of benzene rings is 1. The first-order valence-electron chi connectivity index (χ1n) is 5.22. The molecule has 0 N–H and O–H groups in total. The van der Waals surface area contributed by atoms with Gasteiger partial charge in [0.25, 0.3) is 0 Å². The predicted octanol–water partition coefficient (Wildman–Crippen LogP) is 0.449. The van der Waals surface area contributed by atoms with E-state index in [9.17, 15) is 0 Å². The number of hydrogen-bond acceptors (Lipinski definition) is 3. The average Bonchev–Trinajstić information content (AvgIpc) is 2.78. The van der Waals surface area contributed by atoms with Crippen molar-refractivity contribution in [2.75, 3.05) is 6.54 Å². The molecule has 1 unspecified atom stereocenters. The lowest BCUT2D eigenvalue weighted by Gasteiger charge is -2.17. The zero-order valence-electron chi connectivity index (χ0n) is 9.23. The highest BCUT2D eigenvalue weighted by Gasteiger charge is 2.30. The Bertz CT molecular complexity index is 484. The van der Waals surface area contributed by atoms with Gasteiger partial charge in [0.15, 0.2) is 5.17 Å². The number of rotatable bonds is 1. The number of thioether (sulfide) groups is 1. The van der Waals surface area contributed by atoms with E-state index in [0.717, 1.165) is 16.7 Å². The molecule has 1 atom stereocenters. The number of aliphatic imine (C=N–C) groups is 1. The standard InChI is InChI=1S/C12H11ClN2S.BrH/c1-8-6-15-11(7-16-12(15)14-8)9-2-4-10(13)5-3-9;/h2-5,7-8H,6H2,1H3;1H/p-1. The van der Waals surface area contributed by atoms with Gasteiger partial charge in [0.1, 0.15) is 0 Å². The Kier molecular flexibility index (Phi) is 3.85. The molecule has 17 heavy (non-hydrogen) atoms. The Morgan fingerprint density at radius 2 is 2.06 bits per heavy atom. The second kappa shape index (κ2) is 5.04. The van der Waals surface area contributed by atoms with Crippen LogP contribution in [0.4, 0.5) is 0 Å². The lowest BCUT2D eigenvalue weighted by atomic mass is 10.1. The van der Waals surface area contributed by atoms with E-state index in [0.29, 0.717) is 6.04 Å². The van der Waals surface area contributed by atoms with E-state index in [4.69, 9.17) is 11.6 Å². The molecule has 0 saturated heterocycles. The lowest BCUT2D eigenvalue weighted by molar-refractivity contribution is -0.00000313. The van der Waals surface area contributed by atoms with Crippen LogP contribution in [-0.4, -0.2) is 22.7 Å². The molecule has 2 heterocycles. The molecule has 5 heteroatoms.